The first-order chi connectivity index (χ1) is 19.7. The lowest BCUT2D eigenvalue weighted by Crippen LogP contribution is -2.45. The predicted molar refractivity (Wildman–Crippen MR) is 162 cm³/mol. The van der Waals surface area contributed by atoms with Gasteiger partial charge in [0.15, 0.2) is 0 Å². The quantitative estimate of drug-likeness (QED) is 0.366. The van der Waals surface area contributed by atoms with Gasteiger partial charge < -0.3 is 15.0 Å². The molecule has 1 saturated heterocycles. The molecule has 9 nitrogen and oxygen atoms in total. The molecule has 1 fully saturated rings. The van der Waals surface area contributed by atoms with Crippen LogP contribution in [0, 0.1) is 0 Å². The fourth-order valence-electron chi connectivity index (χ4n) is 5.63. The number of amides is 1. The van der Waals surface area contributed by atoms with Gasteiger partial charge in [-0.2, -0.15) is 0 Å². The van der Waals surface area contributed by atoms with Crippen LogP contribution in [0.5, 0.6) is 0 Å². The highest BCUT2D eigenvalue weighted by molar-refractivity contribution is 7.85. The lowest BCUT2D eigenvalue weighted by Gasteiger charge is -2.36. The molecule has 3 unspecified atom stereocenters. The fourth-order valence-corrected chi connectivity index (χ4v) is 6.43. The van der Waals surface area contributed by atoms with Crippen LogP contribution in [-0.2, 0) is 22.1 Å². The highest BCUT2D eigenvalue weighted by atomic mass is 32.2. The van der Waals surface area contributed by atoms with E-state index in [-0.39, 0.29) is 24.2 Å². The first-order valence-electron chi connectivity index (χ1n) is 13.9. The molecule has 2 aliphatic heterocycles. The lowest BCUT2D eigenvalue weighted by molar-refractivity contribution is -0.00545. The largest absolute Gasteiger partial charge is 0.372 e. The third kappa shape index (κ3) is 5.67. The van der Waals surface area contributed by atoms with Crippen molar-refractivity contribution in [2.75, 3.05) is 35.1 Å². The van der Waals surface area contributed by atoms with Crippen molar-refractivity contribution in [3.63, 3.8) is 0 Å². The van der Waals surface area contributed by atoms with Gasteiger partial charge in [0.1, 0.15) is 16.8 Å². The molecule has 5 heterocycles. The minimum atomic E-state index is -1.13. The number of hydrogen-bond donors (Lipinski definition) is 1. The Morgan fingerprint density at radius 1 is 1.05 bits per heavy atom. The molecular formula is C31H34N6O3S. The summed E-state index contributed by atoms with van der Waals surface area (Å²) in [5.74, 6) is 0.711. The molecule has 1 amide bonds. The Morgan fingerprint density at radius 2 is 1.83 bits per heavy atom. The molecule has 0 saturated carbocycles. The Labute approximate surface area is 242 Å². The molecule has 4 aromatic rings. The summed E-state index contributed by atoms with van der Waals surface area (Å²) in [6, 6.07) is 17.2. The van der Waals surface area contributed by atoms with Crippen LogP contribution >= 0.6 is 0 Å². The van der Waals surface area contributed by atoms with Crippen molar-refractivity contribution < 1.29 is 13.7 Å². The van der Waals surface area contributed by atoms with Gasteiger partial charge in [0.2, 0.25) is 0 Å². The molecule has 0 bridgehead atoms. The zero-order chi connectivity index (χ0) is 28.7. The first-order valence-corrected chi connectivity index (χ1v) is 15.5. The molecule has 212 valence electrons. The highest BCUT2D eigenvalue weighted by Gasteiger charge is 2.25. The topological polar surface area (TPSA) is 101 Å². The number of pyridine rings is 3. The second-order valence-electron chi connectivity index (χ2n) is 10.9. The summed E-state index contributed by atoms with van der Waals surface area (Å²) in [4.78, 5) is 29.8. The van der Waals surface area contributed by atoms with E-state index in [4.69, 9.17) is 14.7 Å². The number of anilines is 2. The third-order valence-corrected chi connectivity index (χ3v) is 8.64. The Morgan fingerprint density at radius 3 is 2.61 bits per heavy atom. The van der Waals surface area contributed by atoms with Gasteiger partial charge in [0, 0.05) is 43.0 Å². The Balaban J connectivity index is 1.21. The summed E-state index contributed by atoms with van der Waals surface area (Å²) < 4.78 is 19.8. The molecule has 3 aromatic heterocycles. The molecular weight excluding hydrogens is 536 g/mol. The van der Waals surface area contributed by atoms with Crippen LogP contribution in [0.15, 0.2) is 60.8 Å². The van der Waals surface area contributed by atoms with E-state index < -0.39 is 11.0 Å². The van der Waals surface area contributed by atoms with Crippen molar-refractivity contribution in [3.05, 3.63) is 77.6 Å². The lowest BCUT2D eigenvalue weighted by atomic mass is 10.1. The van der Waals surface area contributed by atoms with Crippen LogP contribution < -0.4 is 14.5 Å². The van der Waals surface area contributed by atoms with Gasteiger partial charge in [-0.05, 0) is 75.2 Å². The monoisotopic (exact) mass is 570 g/mol. The number of nitrogens with one attached hydrogen (secondary N) is 1. The number of hydrogen-bond acceptors (Lipinski definition) is 7. The van der Waals surface area contributed by atoms with E-state index in [1.807, 2.05) is 65.8 Å². The smallest absolute Gasteiger partial charge is 0.251 e. The van der Waals surface area contributed by atoms with E-state index in [0.717, 1.165) is 58.9 Å². The summed E-state index contributed by atoms with van der Waals surface area (Å²) in [5.41, 5.74) is 5.58. The summed E-state index contributed by atoms with van der Waals surface area (Å²) in [5, 5.41) is 3.97. The maximum absolute atomic E-state index is 13.1. The van der Waals surface area contributed by atoms with Gasteiger partial charge in [-0.15, -0.1) is 0 Å². The average molecular weight is 571 g/mol. The van der Waals surface area contributed by atoms with Crippen molar-refractivity contribution in [2.24, 2.45) is 0 Å². The standard InChI is InChI=1S/C31H34N6O3S/c1-19-17-36(18-20(2)40-19)30-7-5-6-25(35-30)26-11-10-24-16-32-27(15-28(24)34-26)21(3)33-31(38)23-9-8-22-12-13-37(41(4)39)29(22)14-23/h5-11,14-16,19-21H,12-13,17-18H2,1-4H3,(H,33,38)/t19?,20?,21-,41?/m0/s1. The summed E-state index contributed by atoms with van der Waals surface area (Å²) in [7, 11) is -1.13. The number of morpholine rings is 1. The van der Waals surface area contributed by atoms with Gasteiger partial charge >= 0.3 is 0 Å². The molecule has 2 aliphatic rings. The minimum absolute atomic E-state index is 0.149. The summed E-state index contributed by atoms with van der Waals surface area (Å²) in [6.07, 6.45) is 4.57. The van der Waals surface area contributed by atoms with E-state index in [2.05, 4.69) is 29.0 Å². The maximum atomic E-state index is 13.1. The van der Waals surface area contributed by atoms with Crippen molar-refractivity contribution in [1.82, 2.24) is 20.3 Å². The van der Waals surface area contributed by atoms with E-state index in [1.165, 1.54) is 0 Å². The Bertz CT molecular complexity index is 1640. The van der Waals surface area contributed by atoms with E-state index in [9.17, 15) is 9.00 Å². The molecule has 1 aromatic carbocycles. The number of ether oxygens (including phenoxy) is 1. The Hall–Kier alpha value is -3.89. The van der Waals surface area contributed by atoms with Crippen LogP contribution in [0.2, 0.25) is 0 Å². The predicted octanol–water partition coefficient (Wildman–Crippen LogP) is 4.45. The second-order valence-corrected chi connectivity index (χ2v) is 12.1. The zero-order valence-corrected chi connectivity index (χ0v) is 24.5. The van der Waals surface area contributed by atoms with Crippen molar-refractivity contribution in [3.8, 4) is 11.4 Å². The normalized spacial score (nSPS) is 20.1. The van der Waals surface area contributed by atoms with Gasteiger partial charge in [-0.25, -0.2) is 14.2 Å². The Kier molecular flexibility index (Phi) is 7.44. The molecule has 1 N–H and O–H groups in total. The molecule has 0 radical (unpaired) electrons. The summed E-state index contributed by atoms with van der Waals surface area (Å²) >= 11 is 0. The van der Waals surface area contributed by atoms with E-state index in [1.54, 1.807) is 12.5 Å². The molecule has 41 heavy (non-hydrogen) atoms. The third-order valence-electron chi connectivity index (χ3n) is 7.64. The van der Waals surface area contributed by atoms with Crippen LogP contribution in [0.3, 0.4) is 0 Å². The first kappa shape index (κ1) is 27.3. The molecule has 6 rings (SSSR count). The minimum Gasteiger partial charge on any atom is -0.372 e. The van der Waals surface area contributed by atoms with Crippen molar-refractivity contribution in [1.29, 1.82) is 0 Å². The number of carbonyl (C=O) groups excluding carboxylic acids is 1. The average Bonchev–Trinajstić information content (AvgIpc) is 3.40. The van der Waals surface area contributed by atoms with Crippen LogP contribution in [0.1, 0.15) is 48.4 Å². The molecule has 10 heteroatoms. The van der Waals surface area contributed by atoms with E-state index >= 15 is 0 Å². The van der Waals surface area contributed by atoms with Crippen LogP contribution in [0.25, 0.3) is 22.3 Å². The van der Waals surface area contributed by atoms with Crippen molar-refractivity contribution in [2.45, 2.75) is 45.4 Å². The van der Waals surface area contributed by atoms with Crippen molar-refractivity contribution >= 4 is 39.3 Å². The van der Waals surface area contributed by atoms with Gasteiger partial charge in [0.25, 0.3) is 5.91 Å². The SMILES string of the molecule is CC1CN(c2cccc(-c3ccc4cnc([C@H](C)NC(=O)c5ccc6c(c5)N(S(C)=O)CC6)cc4n3)n2)CC(C)O1. The number of rotatable bonds is 6. The number of carbonyl (C=O) groups is 1. The fraction of sp³-hybridized carbons (Fsp3) is 0.355. The van der Waals surface area contributed by atoms with Crippen LogP contribution in [0.4, 0.5) is 11.5 Å². The van der Waals surface area contributed by atoms with Gasteiger partial charge in [-0.3, -0.25) is 14.1 Å². The van der Waals surface area contributed by atoms with Gasteiger partial charge in [-0.1, -0.05) is 12.1 Å². The molecule has 4 atom stereocenters. The summed E-state index contributed by atoms with van der Waals surface area (Å²) in [6.45, 7) is 8.37. The number of nitrogens with zero attached hydrogens (tertiary/aromatic N) is 5. The second kappa shape index (κ2) is 11.2. The molecule has 0 aliphatic carbocycles. The molecule has 0 spiro atoms. The van der Waals surface area contributed by atoms with E-state index in [0.29, 0.717) is 17.8 Å². The van der Waals surface area contributed by atoms with Crippen LogP contribution in [-0.4, -0.2) is 63.2 Å². The zero-order valence-electron chi connectivity index (χ0n) is 23.7. The highest BCUT2D eigenvalue weighted by Crippen LogP contribution is 2.30. The maximum Gasteiger partial charge on any atom is 0.251 e. The van der Waals surface area contributed by atoms with Gasteiger partial charge in [0.05, 0.1) is 46.5 Å². The number of benzene rings is 1. The number of aromatic nitrogens is 3. The number of fused-ring (bicyclic) bond motifs is 2.